The largest absolute Gasteiger partial charge is 0.324 e. The Balaban J connectivity index is 1.85. The van der Waals surface area contributed by atoms with Crippen LogP contribution in [0.25, 0.3) is 0 Å². The Morgan fingerprint density at radius 3 is 2.50 bits per heavy atom. The van der Waals surface area contributed by atoms with Gasteiger partial charge in [0.2, 0.25) is 5.91 Å². The molecular weight excluding hydrogens is 290 g/mol. The molecule has 0 radical (unpaired) electrons. The number of hydrogen-bond donors (Lipinski definition) is 1. The molecule has 0 saturated heterocycles. The van der Waals surface area contributed by atoms with E-state index in [2.05, 4.69) is 24.4 Å². The number of anilines is 1. The topological polar surface area (TPSA) is 29.1 Å². The summed E-state index contributed by atoms with van der Waals surface area (Å²) in [4.78, 5) is 11.9. The van der Waals surface area contributed by atoms with Crippen LogP contribution in [-0.4, -0.2) is 11.7 Å². The molecule has 0 spiro atoms. The second-order valence-corrected chi connectivity index (χ2v) is 6.13. The zero-order valence-corrected chi connectivity index (χ0v) is 12.7. The van der Waals surface area contributed by atoms with Gasteiger partial charge in [0.05, 0.1) is 16.5 Å². The Kier molecular flexibility index (Phi) is 5.50. The van der Waals surface area contributed by atoms with Gasteiger partial charge in [-0.15, -0.1) is 11.8 Å². The van der Waals surface area contributed by atoms with Crippen molar-refractivity contribution >= 4 is 35.0 Å². The maximum absolute atomic E-state index is 11.9. The highest BCUT2D eigenvalue weighted by Gasteiger charge is 2.10. The number of thioether (sulfide) groups is 1. The van der Waals surface area contributed by atoms with E-state index in [0.29, 0.717) is 16.5 Å². The van der Waals surface area contributed by atoms with Crippen molar-refractivity contribution in [1.82, 2.24) is 0 Å². The summed E-state index contributed by atoms with van der Waals surface area (Å²) in [6.45, 7) is 2.10. The summed E-state index contributed by atoms with van der Waals surface area (Å²) in [6.07, 6.45) is 0. The molecule has 0 fully saturated rings. The average molecular weight is 306 g/mol. The van der Waals surface area contributed by atoms with E-state index in [-0.39, 0.29) is 11.2 Å². The normalized spacial score (nSPS) is 11.9. The lowest BCUT2D eigenvalue weighted by Gasteiger charge is -2.12. The van der Waals surface area contributed by atoms with Gasteiger partial charge in [-0.1, -0.05) is 54.1 Å². The van der Waals surface area contributed by atoms with Crippen molar-refractivity contribution in [3.63, 3.8) is 0 Å². The first-order chi connectivity index (χ1) is 9.66. The Bertz CT molecular complexity index is 574. The van der Waals surface area contributed by atoms with Crippen molar-refractivity contribution in [2.45, 2.75) is 12.2 Å². The minimum absolute atomic E-state index is 0.0362. The molecule has 0 heterocycles. The van der Waals surface area contributed by atoms with E-state index in [0.717, 1.165) is 0 Å². The number of hydrogen-bond acceptors (Lipinski definition) is 2. The van der Waals surface area contributed by atoms with Crippen LogP contribution in [0.5, 0.6) is 0 Å². The SMILES string of the molecule is CC(SCC(=O)Nc1ccccc1Cl)c1ccccc1. The summed E-state index contributed by atoms with van der Waals surface area (Å²) >= 11 is 7.61. The van der Waals surface area contributed by atoms with E-state index in [1.54, 1.807) is 23.9 Å². The van der Waals surface area contributed by atoms with Crippen LogP contribution in [0.1, 0.15) is 17.7 Å². The van der Waals surface area contributed by atoms with E-state index in [1.807, 2.05) is 30.3 Å². The maximum Gasteiger partial charge on any atom is 0.234 e. The zero-order chi connectivity index (χ0) is 14.4. The van der Waals surface area contributed by atoms with Gasteiger partial charge in [0.1, 0.15) is 0 Å². The molecule has 20 heavy (non-hydrogen) atoms. The monoisotopic (exact) mass is 305 g/mol. The van der Waals surface area contributed by atoms with Gasteiger partial charge in [-0.3, -0.25) is 4.79 Å². The van der Waals surface area contributed by atoms with Gasteiger partial charge in [0.15, 0.2) is 0 Å². The molecule has 0 aliphatic carbocycles. The number of carbonyl (C=O) groups is 1. The molecule has 0 saturated carbocycles. The number of carbonyl (C=O) groups excluding carboxylic acids is 1. The molecule has 2 aromatic rings. The van der Waals surface area contributed by atoms with Crippen LogP contribution >= 0.6 is 23.4 Å². The number of amides is 1. The molecule has 1 unspecified atom stereocenters. The van der Waals surface area contributed by atoms with Crippen molar-refractivity contribution in [2.75, 3.05) is 11.1 Å². The Labute approximate surface area is 128 Å². The Hall–Kier alpha value is -1.45. The highest BCUT2D eigenvalue weighted by molar-refractivity contribution is 8.00. The van der Waals surface area contributed by atoms with Gasteiger partial charge in [-0.05, 0) is 24.6 Å². The number of nitrogens with one attached hydrogen (secondary N) is 1. The zero-order valence-electron chi connectivity index (χ0n) is 11.2. The first-order valence-electron chi connectivity index (χ1n) is 6.38. The number of rotatable bonds is 5. The molecular formula is C16H16ClNOS. The smallest absolute Gasteiger partial charge is 0.234 e. The van der Waals surface area contributed by atoms with Crippen molar-refractivity contribution < 1.29 is 4.79 Å². The Morgan fingerprint density at radius 1 is 1.15 bits per heavy atom. The van der Waals surface area contributed by atoms with Crippen LogP contribution in [0.2, 0.25) is 5.02 Å². The Morgan fingerprint density at radius 2 is 1.80 bits per heavy atom. The molecule has 104 valence electrons. The second-order valence-electron chi connectivity index (χ2n) is 4.39. The first kappa shape index (κ1) is 14.9. The van der Waals surface area contributed by atoms with E-state index in [4.69, 9.17) is 11.6 Å². The molecule has 2 rings (SSSR count). The third-order valence-electron chi connectivity index (χ3n) is 2.88. The van der Waals surface area contributed by atoms with Crippen LogP contribution in [-0.2, 0) is 4.79 Å². The summed E-state index contributed by atoms with van der Waals surface area (Å²) < 4.78 is 0. The maximum atomic E-state index is 11.9. The van der Waals surface area contributed by atoms with Crippen molar-refractivity contribution in [3.05, 3.63) is 65.2 Å². The molecule has 1 atom stereocenters. The van der Waals surface area contributed by atoms with Gasteiger partial charge in [0.25, 0.3) is 0 Å². The van der Waals surface area contributed by atoms with E-state index in [9.17, 15) is 4.79 Å². The van der Waals surface area contributed by atoms with E-state index < -0.39 is 0 Å². The molecule has 4 heteroatoms. The molecule has 2 aromatic carbocycles. The third kappa shape index (κ3) is 4.29. The number of benzene rings is 2. The summed E-state index contributed by atoms with van der Waals surface area (Å²) in [5.74, 6) is 0.368. The van der Waals surface area contributed by atoms with E-state index in [1.165, 1.54) is 5.56 Å². The van der Waals surface area contributed by atoms with Gasteiger partial charge >= 0.3 is 0 Å². The van der Waals surface area contributed by atoms with Gasteiger partial charge < -0.3 is 5.32 Å². The quantitative estimate of drug-likeness (QED) is 0.862. The minimum atomic E-state index is -0.0362. The molecule has 1 N–H and O–H groups in total. The fourth-order valence-corrected chi connectivity index (χ4v) is 2.78. The van der Waals surface area contributed by atoms with Crippen LogP contribution in [0.4, 0.5) is 5.69 Å². The lowest BCUT2D eigenvalue weighted by molar-refractivity contribution is -0.113. The first-order valence-corrected chi connectivity index (χ1v) is 7.80. The van der Waals surface area contributed by atoms with Crippen molar-refractivity contribution in [2.24, 2.45) is 0 Å². The highest BCUT2D eigenvalue weighted by atomic mass is 35.5. The lowest BCUT2D eigenvalue weighted by atomic mass is 10.2. The standard InChI is InChI=1S/C16H16ClNOS/c1-12(13-7-3-2-4-8-13)20-11-16(19)18-15-10-6-5-9-14(15)17/h2-10,12H,11H2,1H3,(H,18,19). The molecule has 0 aromatic heterocycles. The molecule has 2 nitrogen and oxygen atoms in total. The number of halogens is 1. The van der Waals surface area contributed by atoms with Gasteiger partial charge in [-0.2, -0.15) is 0 Å². The summed E-state index contributed by atoms with van der Waals surface area (Å²) in [6, 6.07) is 17.4. The van der Waals surface area contributed by atoms with Crippen LogP contribution < -0.4 is 5.32 Å². The van der Waals surface area contributed by atoms with Crippen LogP contribution in [0, 0.1) is 0 Å². The highest BCUT2D eigenvalue weighted by Crippen LogP contribution is 2.28. The summed E-state index contributed by atoms with van der Waals surface area (Å²) in [7, 11) is 0. The second kappa shape index (κ2) is 7.36. The fourth-order valence-electron chi connectivity index (χ4n) is 1.77. The predicted molar refractivity (Wildman–Crippen MR) is 87.4 cm³/mol. The minimum Gasteiger partial charge on any atom is -0.324 e. The van der Waals surface area contributed by atoms with Crippen molar-refractivity contribution in [1.29, 1.82) is 0 Å². The molecule has 0 aliphatic rings. The van der Waals surface area contributed by atoms with Gasteiger partial charge in [-0.25, -0.2) is 0 Å². The van der Waals surface area contributed by atoms with Crippen LogP contribution in [0.15, 0.2) is 54.6 Å². The molecule has 0 bridgehead atoms. The average Bonchev–Trinajstić information content (AvgIpc) is 2.48. The van der Waals surface area contributed by atoms with Gasteiger partial charge in [0, 0.05) is 5.25 Å². The molecule has 1 amide bonds. The summed E-state index contributed by atoms with van der Waals surface area (Å²) in [5, 5.41) is 3.67. The van der Waals surface area contributed by atoms with Crippen LogP contribution in [0.3, 0.4) is 0 Å². The fraction of sp³-hybridized carbons (Fsp3) is 0.188. The molecule has 0 aliphatic heterocycles. The van der Waals surface area contributed by atoms with E-state index >= 15 is 0 Å². The number of para-hydroxylation sites is 1. The lowest BCUT2D eigenvalue weighted by Crippen LogP contribution is -2.14. The summed E-state index contributed by atoms with van der Waals surface area (Å²) in [5.41, 5.74) is 1.88. The van der Waals surface area contributed by atoms with Crippen molar-refractivity contribution in [3.8, 4) is 0 Å². The predicted octanol–water partition coefficient (Wildman–Crippen LogP) is 4.77. The third-order valence-corrected chi connectivity index (χ3v) is 4.41.